The fourth-order valence-corrected chi connectivity index (χ4v) is 7.77. The summed E-state index contributed by atoms with van der Waals surface area (Å²) in [7, 11) is 0. The number of hydrogen-bond acceptors (Lipinski definition) is 6. The monoisotopic (exact) mass is 644 g/mol. The molecular weight excluding hydrogens is 626 g/mol. The number of phenols is 1. The van der Waals surface area contributed by atoms with Crippen LogP contribution in [0.5, 0.6) is 11.5 Å². The number of rotatable bonds is 4. The molecule has 0 aromatic heterocycles. The van der Waals surface area contributed by atoms with E-state index >= 15 is 0 Å². The number of phenolic OH excluding ortho intramolecular Hbond substituents is 1. The van der Waals surface area contributed by atoms with Crippen molar-refractivity contribution in [2.45, 2.75) is 35.4 Å². The molecule has 6 atom stereocenters. The molecule has 2 aliphatic heterocycles. The van der Waals surface area contributed by atoms with Gasteiger partial charge >= 0.3 is 0 Å². The second-order valence-electron chi connectivity index (χ2n) is 10.7. The number of amides is 4. The highest BCUT2D eigenvalue weighted by Crippen LogP contribution is 2.66. The number of alkyl halides is 2. The lowest BCUT2D eigenvalue weighted by Gasteiger charge is -2.50. The van der Waals surface area contributed by atoms with Crippen LogP contribution in [0.15, 0.2) is 29.8 Å². The van der Waals surface area contributed by atoms with Crippen molar-refractivity contribution < 1.29 is 51.0 Å². The lowest BCUT2D eigenvalue weighted by atomic mass is 9.56. The van der Waals surface area contributed by atoms with Gasteiger partial charge in [0.15, 0.2) is 44.5 Å². The molecule has 2 aromatic carbocycles. The summed E-state index contributed by atoms with van der Waals surface area (Å²) in [6.45, 7) is 1.71. The topological polar surface area (TPSA) is 113 Å². The molecule has 2 saturated heterocycles. The highest BCUT2D eigenvalue weighted by molar-refractivity contribution is 6.58. The summed E-state index contributed by atoms with van der Waals surface area (Å²) in [6.07, 6.45) is 0.975. The van der Waals surface area contributed by atoms with Crippen molar-refractivity contribution in [2.24, 2.45) is 17.8 Å². The number of imide groups is 2. The number of nitrogens with one attached hydrogen (secondary N) is 1. The number of benzene rings is 2. The molecule has 0 spiro atoms. The fraction of sp³-hybridized carbons (Fsp3) is 0.357. The van der Waals surface area contributed by atoms with Crippen LogP contribution in [0, 0.1) is 46.8 Å². The van der Waals surface area contributed by atoms with Gasteiger partial charge in [-0.15, -0.1) is 23.2 Å². The van der Waals surface area contributed by atoms with Crippen LogP contribution < -0.4 is 15.0 Å². The number of carbonyl (C=O) groups excluding carboxylic acids is 4. The molecule has 43 heavy (non-hydrogen) atoms. The predicted molar refractivity (Wildman–Crippen MR) is 139 cm³/mol. The van der Waals surface area contributed by atoms with Crippen molar-refractivity contribution >= 4 is 52.5 Å². The highest BCUT2D eigenvalue weighted by atomic mass is 35.5. The number of ether oxygens (including phenoxy) is 1. The van der Waals surface area contributed by atoms with E-state index in [-0.39, 0.29) is 40.6 Å². The third-order valence-electron chi connectivity index (χ3n) is 8.68. The smallest absolute Gasteiger partial charge is 0.258 e. The first-order chi connectivity index (χ1) is 20.2. The Morgan fingerprint density at radius 1 is 0.953 bits per heavy atom. The van der Waals surface area contributed by atoms with E-state index in [1.54, 1.807) is 13.0 Å². The van der Waals surface area contributed by atoms with E-state index in [9.17, 15) is 46.2 Å². The summed E-state index contributed by atoms with van der Waals surface area (Å²) in [6, 6.07) is 3.80. The van der Waals surface area contributed by atoms with Crippen LogP contribution in [-0.2, 0) is 19.2 Å². The highest BCUT2D eigenvalue weighted by Gasteiger charge is 2.77. The average Bonchev–Trinajstić information content (AvgIpc) is 3.34. The van der Waals surface area contributed by atoms with Crippen LogP contribution >= 0.6 is 23.2 Å². The Balaban J connectivity index is 1.62. The maximum atomic E-state index is 15.0. The number of carbonyl (C=O) groups is 4. The molecule has 2 N–H and O–H groups in total. The first-order valence-electron chi connectivity index (χ1n) is 13.0. The van der Waals surface area contributed by atoms with Crippen molar-refractivity contribution in [3.63, 3.8) is 0 Å². The van der Waals surface area contributed by atoms with Gasteiger partial charge in [0.05, 0.1) is 18.4 Å². The molecule has 6 rings (SSSR count). The van der Waals surface area contributed by atoms with Gasteiger partial charge in [-0.1, -0.05) is 17.7 Å². The molecule has 15 heteroatoms. The zero-order chi connectivity index (χ0) is 31.3. The Labute approximate surface area is 249 Å². The Bertz CT molecular complexity index is 1670. The molecule has 2 aliphatic carbocycles. The van der Waals surface area contributed by atoms with Gasteiger partial charge in [0.25, 0.3) is 11.8 Å². The molecule has 0 unspecified atom stereocenters. The summed E-state index contributed by atoms with van der Waals surface area (Å²) >= 11 is 14.0. The first-order valence-corrected chi connectivity index (χ1v) is 13.7. The van der Waals surface area contributed by atoms with Gasteiger partial charge in [0.1, 0.15) is 5.69 Å². The third kappa shape index (κ3) is 3.67. The van der Waals surface area contributed by atoms with Crippen molar-refractivity contribution in [2.75, 3.05) is 11.5 Å². The van der Waals surface area contributed by atoms with E-state index in [4.69, 9.17) is 27.9 Å². The summed E-state index contributed by atoms with van der Waals surface area (Å²) in [5, 5.41) is 12.5. The molecule has 3 fully saturated rings. The Kier molecular flexibility index (Phi) is 6.59. The van der Waals surface area contributed by atoms with Gasteiger partial charge in [0.2, 0.25) is 17.6 Å². The van der Waals surface area contributed by atoms with Crippen molar-refractivity contribution in [3.05, 3.63) is 64.5 Å². The number of fused-ring (bicyclic) bond motifs is 4. The lowest BCUT2D eigenvalue weighted by Crippen LogP contribution is -2.60. The molecule has 4 aliphatic rings. The summed E-state index contributed by atoms with van der Waals surface area (Å²) < 4.78 is 77.8. The largest absolute Gasteiger partial charge is 0.504 e. The predicted octanol–water partition coefficient (Wildman–Crippen LogP) is 4.34. The summed E-state index contributed by atoms with van der Waals surface area (Å²) in [4.78, 5) is 48.0. The molecule has 2 aromatic rings. The molecular formula is C28H19Cl2F5N2O6. The first kappa shape index (κ1) is 29.4. The number of aromatic hydroxyl groups is 1. The Morgan fingerprint density at radius 2 is 1.58 bits per heavy atom. The lowest BCUT2D eigenvalue weighted by molar-refractivity contribution is -0.127. The molecule has 2 heterocycles. The van der Waals surface area contributed by atoms with Crippen LogP contribution in [0.3, 0.4) is 0 Å². The number of halogens is 7. The minimum Gasteiger partial charge on any atom is -0.504 e. The second kappa shape index (κ2) is 9.65. The maximum absolute atomic E-state index is 15.0. The molecule has 4 amide bonds. The average molecular weight is 645 g/mol. The molecule has 0 bridgehead atoms. The standard InChI is InChI=1S/C28H19Cl2F5N2O6/c1-2-43-14-7-9(3-6-13(14)38)16-10-4-5-11-15(24(40)36-23(11)39)12(10)8-27(29)25(41)37(26(42)28(16,27)30)22-20(34)18(32)17(31)19(33)21(22)35/h3-4,6-7,11-12,15-16,38H,2,5,8H2,1H3,(H,36,39,40)/t11-,12+,15-,16-,27+,28-/m0/s1. The Morgan fingerprint density at radius 3 is 2.21 bits per heavy atom. The van der Waals surface area contributed by atoms with Gasteiger partial charge in [-0.25, -0.2) is 26.9 Å². The number of nitrogens with zero attached hydrogens (tertiary/aromatic N) is 1. The Hall–Kier alpha value is -3.71. The zero-order valence-corrected chi connectivity index (χ0v) is 23.3. The number of anilines is 1. The van der Waals surface area contributed by atoms with Crippen LogP contribution in [0.25, 0.3) is 0 Å². The molecule has 0 radical (unpaired) electrons. The van der Waals surface area contributed by atoms with Gasteiger partial charge < -0.3 is 9.84 Å². The van der Waals surface area contributed by atoms with Crippen LogP contribution in [0.1, 0.15) is 31.2 Å². The van der Waals surface area contributed by atoms with Gasteiger partial charge in [0, 0.05) is 5.92 Å². The van der Waals surface area contributed by atoms with Crippen LogP contribution in [0.2, 0.25) is 0 Å². The quantitative estimate of drug-likeness (QED) is 0.128. The van der Waals surface area contributed by atoms with Gasteiger partial charge in [-0.05, 0) is 43.4 Å². The third-order valence-corrected chi connectivity index (χ3v) is 10.1. The number of hydrogen-bond donors (Lipinski definition) is 2. The minimum atomic E-state index is -2.65. The van der Waals surface area contributed by atoms with E-state index in [1.807, 2.05) is 0 Å². The maximum Gasteiger partial charge on any atom is 0.258 e. The van der Waals surface area contributed by atoms with Gasteiger partial charge in [-0.3, -0.25) is 24.5 Å². The summed E-state index contributed by atoms with van der Waals surface area (Å²) in [5.41, 5.74) is -1.46. The summed E-state index contributed by atoms with van der Waals surface area (Å²) in [5.74, 6) is -21.5. The molecule has 1 saturated carbocycles. The van der Waals surface area contributed by atoms with Crippen molar-refractivity contribution in [3.8, 4) is 11.5 Å². The zero-order valence-electron chi connectivity index (χ0n) is 21.8. The minimum absolute atomic E-state index is 0.0206. The normalized spacial score (nSPS) is 31.4. The van der Waals surface area contributed by atoms with Gasteiger partial charge in [-0.2, -0.15) is 0 Å². The van der Waals surface area contributed by atoms with Crippen LogP contribution in [-0.4, -0.2) is 45.1 Å². The van der Waals surface area contributed by atoms with E-state index in [0.29, 0.717) is 0 Å². The van der Waals surface area contributed by atoms with E-state index in [0.717, 1.165) is 0 Å². The SMILES string of the molecule is CCOc1cc([C@H]2C3=CC[C@@H]4C(=O)NC(=O)[C@@H]4[C@@H]3C[C@@]3(Cl)C(=O)N(c4c(F)c(F)c(F)c(F)c4F)C(=O)[C@@]23Cl)ccc1O. The van der Waals surface area contributed by atoms with E-state index in [2.05, 4.69) is 5.32 Å². The van der Waals surface area contributed by atoms with Crippen LogP contribution in [0.4, 0.5) is 27.6 Å². The van der Waals surface area contributed by atoms with E-state index in [1.165, 1.54) is 18.2 Å². The molecule has 8 nitrogen and oxygen atoms in total. The number of allylic oxidation sites excluding steroid dienone is 2. The second-order valence-corrected chi connectivity index (χ2v) is 11.9. The van der Waals surface area contributed by atoms with E-state index < -0.39 is 98.2 Å². The molecule has 226 valence electrons. The van der Waals surface area contributed by atoms with Crippen molar-refractivity contribution in [1.82, 2.24) is 5.32 Å². The fourth-order valence-electron chi connectivity index (χ4n) is 6.83. The van der Waals surface area contributed by atoms with Crippen molar-refractivity contribution in [1.29, 1.82) is 0 Å².